The van der Waals surface area contributed by atoms with Crippen molar-refractivity contribution in [3.63, 3.8) is 0 Å². The van der Waals surface area contributed by atoms with Crippen LogP contribution in [0.5, 0.6) is 0 Å². The maximum absolute atomic E-state index is 12.0. The van der Waals surface area contributed by atoms with Crippen LogP contribution in [0.3, 0.4) is 0 Å². The zero-order valence-electron chi connectivity index (χ0n) is 9.65. The molecule has 0 amide bonds. The van der Waals surface area contributed by atoms with Crippen molar-refractivity contribution in [3.05, 3.63) is 0 Å². The molecule has 1 aliphatic rings. The Morgan fingerprint density at radius 1 is 1.19 bits per heavy atom. The van der Waals surface area contributed by atoms with Gasteiger partial charge in [-0.05, 0) is 38.3 Å². The topological polar surface area (TPSA) is 12.0 Å². The van der Waals surface area contributed by atoms with E-state index < -0.39 is 5.51 Å². The lowest BCUT2D eigenvalue weighted by Crippen LogP contribution is -2.29. The van der Waals surface area contributed by atoms with Crippen LogP contribution < -0.4 is 5.32 Å². The van der Waals surface area contributed by atoms with Crippen LogP contribution in [-0.2, 0) is 0 Å². The molecule has 0 bridgehead atoms. The summed E-state index contributed by atoms with van der Waals surface area (Å²) >= 11 is 0.127. The summed E-state index contributed by atoms with van der Waals surface area (Å²) in [7, 11) is 1.91. The Bertz CT molecular complexity index is 194. The molecule has 1 N–H and O–H groups in total. The Morgan fingerprint density at radius 3 is 2.38 bits per heavy atom. The number of thioether (sulfide) groups is 1. The lowest BCUT2D eigenvalue weighted by atomic mass is 9.78. The number of nitrogens with one attached hydrogen (secondary N) is 1. The molecule has 1 fully saturated rings. The minimum absolute atomic E-state index is 0.127. The van der Waals surface area contributed by atoms with Crippen molar-refractivity contribution in [2.45, 2.75) is 37.6 Å². The maximum Gasteiger partial charge on any atom is 0.441 e. The van der Waals surface area contributed by atoms with Crippen LogP contribution in [0.4, 0.5) is 13.2 Å². The summed E-state index contributed by atoms with van der Waals surface area (Å²) in [6.07, 6.45) is 5.39. The van der Waals surface area contributed by atoms with Gasteiger partial charge in [0.1, 0.15) is 0 Å². The van der Waals surface area contributed by atoms with Gasteiger partial charge in [0.25, 0.3) is 0 Å². The van der Waals surface area contributed by atoms with E-state index in [9.17, 15) is 13.2 Å². The van der Waals surface area contributed by atoms with Crippen LogP contribution in [0.25, 0.3) is 0 Å². The molecule has 2 unspecified atom stereocenters. The molecule has 0 aromatic rings. The number of hydrogen-bond acceptors (Lipinski definition) is 2. The molecular formula is C11H20F3NS. The van der Waals surface area contributed by atoms with Gasteiger partial charge in [-0.15, -0.1) is 0 Å². The zero-order valence-corrected chi connectivity index (χ0v) is 10.5. The highest BCUT2D eigenvalue weighted by Gasteiger charge is 2.30. The SMILES string of the molecule is CNCC1CCCCC1CCSC(F)(F)F. The molecule has 1 saturated carbocycles. The van der Waals surface area contributed by atoms with Gasteiger partial charge in [-0.25, -0.2) is 0 Å². The molecule has 2 atom stereocenters. The molecular weight excluding hydrogens is 235 g/mol. The van der Waals surface area contributed by atoms with E-state index in [2.05, 4.69) is 5.32 Å². The number of alkyl halides is 3. The van der Waals surface area contributed by atoms with Crippen molar-refractivity contribution in [3.8, 4) is 0 Å². The molecule has 5 heteroatoms. The van der Waals surface area contributed by atoms with Gasteiger partial charge in [-0.1, -0.05) is 31.0 Å². The van der Waals surface area contributed by atoms with Crippen LogP contribution in [0.2, 0.25) is 0 Å². The van der Waals surface area contributed by atoms with E-state index >= 15 is 0 Å². The molecule has 0 radical (unpaired) electrons. The van der Waals surface area contributed by atoms with Crippen molar-refractivity contribution in [2.75, 3.05) is 19.3 Å². The molecule has 0 heterocycles. The average molecular weight is 255 g/mol. The summed E-state index contributed by atoms with van der Waals surface area (Å²) in [4.78, 5) is 0. The Labute approximate surface area is 99.6 Å². The highest BCUT2D eigenvalue weighted by atomic mass is 32.2. The molecule has 0 saturated heterocycles. The second-order valence-electron chi connectivity index (χ2n) is 4.45. The normalized spacial score (nSPS) is 27.0. The summed E-state index contributed by atoms with van der Waals surface area (Å²) in [6.45, 7) is 0.946. The van der Waals surface area contributed by atoms with Crippen LogP contribution in [0.1, 0.15) is 32.1 Å². The zero-order chi connectivity index (χ0) is 12.0. The molecule has 1 aliphatic carbocycles. The van der Waals surface area contributed by atoms with Gasteiger partial charge in [0, 0.05) is 5.75 Å². The second-order valence-corrected chi connectivity index (χ2v) is 5.61. The van der Waals surface area contributed by atoms with E-state index in [1.165, 1.54) is 19.3 Å². The second kappa shape index (κ2) is 6.74. The predicted molar refractivity (Wildman–Crippen MR) is 62.5 cm³/mol. The fourth-order valence-electron chi connectivity index (χ4n) is 2.52. The molecule has 0 aromatic heterocycles. The Kier molecular flexibility index (Phi) is 5.97. The minimum atomic E-state index is -4.06. The Balaban J connectivity index is 2.27. The lowest BCUT2D eigenvalue weighted by molar-refractivity contribution is -0.0328. The van der Waals surface area contributed by atoms with Gasteiger partial charge >= 0.3 is 5.51 Å². The number of rotatable bonds is 5. The Morgan fingerprint density at radius 2 is 1.81 bits per heavy atom. The summed E-state index contributed by atoms with van der Waals surface area (Å²) in [5.74, 6) is 1.28. The van der Waals surface area contributed by atoms with E-state index in [-0.39, 0.29) is 17.5 Å². The van der Waals surface area contributed by atoms with Gasteiger partial charge in [0.15, 0.2) is 0 Å². The highest BCUT2D eigenvalue weighted by Crippen LogP contribution is 2.36. The fraction of sp³-hybridized carbons (Fsp3) is 1.00. The Hall–Kier alpha value is 0.100. The van der Waals surface area contributed by atoms with E-state index in [1.54, 1.807) is 0 Å². The van der Waals surface area contributed by atoms with Crippen LogP contribution in [0, 0.1) is 11.8 Å². The van der Waals surface area contributed by atoms with Crippen molar-refractivity contribution >= 4 is 11.8 Å². The van der Waals surface area contributed by atoms with Crippen molar-refractivity contribution in [1.29, 1.82) is 0 Å². The van der Waals surface area contributed by atoms with Crippen LogP contribution in [0.15, 0.2) is 0 Å². The minimum Gasteiger partial charge on any atom is -0.319 e. The summed E-state index contributed by atoms with van der Waals surface area (Å²) in [5.41, 5.74) is -4.06. The maximum atomic E-state index is 12.0. The van der Waals surface area contributed by atoms with Crippen molar-refractivity contribution in [2.24, 2.45) is 11.8 Å². The molecule has 1 rings (SSSR count). The third-order valence-corrected chi connectivity index (χ3v) is 4.05. The van der Waals surface area contributed by atoms with E-state index in [4.69, 9.17) is 0 Å². The average Bonchev–Trinajstić information content (AvgIpc) is 2.19. The van der Waals surface area contributed by atoms with Gasteiger partial charge < -0.3 is 5.32 Å². The summed E-state index contributed by atoms with van der Waals surface area (Å²) in [6, 6.07) is 0. The highest BCUT2D eigenvalue weighted by molar-refractivity contribution is 8.00. The monoisotopic (exact) mass is 255 g/mol. The van der Waals surface area contributed by atoms with E-state index in [0.29, 0.717) is 18.3 Å². The molecule has 0 spiro atoms. The number of halogens is 3. The first-order valence-electron chi connectivity index (χ1n) is 5.88. The molecule has 96 valence electrons. The van der Waals surface area contributed by atoms with Crippen molar-refractivity contribution < 1.29 is 13.2 Å². The van der Waals surface area contributed by atoms with Gasteiger partial charge in [0.05, 0.1) is 0 Å². The molecule has 16 heavy (non-hydrogen) atoms. The third kappa shape index (κ3) is 5.43. The first-order chi connectivity index (χ1) is 7.53. The predicted octanol–water partition coefficient (Wildman–Crippen LogP) is 3.66. The van der Waals surface area contributed by atoms with Gasteiger partial charge in [-0.2, -0.15) is 13.2 Å². The number of hydrogen-bond donors (Lipinski definition) is 1. The van der Waals surface area contributed by atoms with Gasteiger partial charge in [-0.3, -0.25) is 0 Å². The molecule has 0 aromatic carbocycles. The fourth-order valence-corrected chi connectivity index (χ4v) is 3.17. The van der Waals surface area contributed by atoms with E-state index in [0.717, 1.165) is 13.0 Å². The van der Waals surface area contributed by atoms with Crippen molar-refractivity contribution in [1.82, 2.24) is 5.32 Å². The first-order valence-corrected chi connectivity index (χ1v) is 6.87. The summed E-state index contributed by atoms with van der Waals surface area (Å²) < 4.78 is 36.0. The van der Waals surface area contributed by atoms with Crippen LogP contribution in [-0.4, -0.2) is 24.9 Å². The molecule has 1 nitrogen and oxygen atoms in total. The largest absolute Gasteiger partial charge is 0.441 e. The standard InChI is InChI=1S/C11H20F3NS/c1-15-8-10-5-3-2-4-9(10)6-7-16-11(12,13)14/h9-10,15H,2-8H2,1H3. The third-order valence-electron chi connectivity index (χ3n) is 3.29. The van der Waals surface area contributed by atoms with Gasteiger partial charge in [0.2, 0.25) is 0 Å². The summed E-state index contributed by atoms with van der Waals surface area (Å²) in [5, 5.41) is 3.15. The van der Waals surface area contributed by atoms with Crippen LogP contribution >= 0.6 is 11.8 Å². The smallest absolute Gasteiger partial charge is 0.319 e. The first kappa shape index (κ1) is 14.2. The quantitative estimate of drug-likeness (QED) is 0.804. The van der Waals surface area contributed by atoms with E-state index in [1.807, 2.05) is 7.05 Å². The molecule has 0 aliphatic heterocycles. The lowest BCUT2D eigenvalue weighted by Gasteiger charge is -2.31.